The smallest absolute Gasteiger partial charge is 0.221 e. The Balaban J connectivity index is 0.00000225. The predicted octanol–water partition coefficient (Wildman–Crippen LogP) is 2.25. The number of nitrogens with zero attached hydrogens (tertiary/aromatic N) is 1. The van der Waals surface area contributed by atoms with Crippen molar-refractivity contribution in [3.05, 3.63) is 35.9 Å². The molecule has 2 saturated heterocycles. The van der Waals surface area contributed by atoms with Crippen molar-refractivity contribution in [3.8, 4) is 0 Å². The van der Waals surface area contributed by atoms with Gasteiger partial charge in [-0.3, -0.25) is 9.59 Å². The van der Waals surface area contributed by atoms with Crippen LogP contribution in [0.2, 0.25) is 0 Å². The highest BCUT2D eigenvalue weighted by Gasteiger charge is 2.33. The summed E-state index contributed by atoms with van der Waals surface area (Å²) in [6.45, 7) is 2.58. The van der Waals surface area contributed by atoms with Gasteiger partial charge in [0.2, 0.25) is 11.8 Å². The van der Waals surface area contributed by atoms with Gasteiger partial charge >= 0.3 is 0 Å². The number of hydrogen-bond donors (Lipinski definition) is 2. The number of hydrogen-bond acceptors (Lipinski definition) is 3. The van der Waals surface area contributed by atoms with Gasteiger partial charge < -0.3 is 15.5 Å². The lowest BCUT2D eigenvalue weighted by Crippen LogP contribution is -2.48. The number of carbonyl (C=O) groups excluding carboxylic acids is 2. The molecule has 0 aliphatic carbocycles. The normalized spacial score (nSPS) is 24.3. The fraction of sp³-hybridized carbons (Fsp3) is 0.579. The minimum absolute atomic E-state index is 0. The zero-order chi connectivity index (χ0) is 16.9. The number of piperidine rings is 1. The molecule has 2 amide bonds. The van der Waals surface area contributed by atoms with Crippen LogP contribution in [0.3, 0.4) is 0 Å². The van der Waals surface area contributed by atoms with Crippen LogP contribution in [0.1, 0.15) is 44.6 Å². The zero-order valence-corrected chi connectivity index (χ0v) is 15.6. The van der Waals surface area contributed by atoms with Gasteiger partial charge in [0, 0.05) is 44.6 Å². The maximum absolute atomic E-state index is 12.3. The van der Waals surface area contributed by atoms with Gasteiger partial charge in [0.05, 0.1) is 0 Å². The molecule has 3 rings (SSSR count). The lowest BCUT2D eigenvalue weighted by Gasteiger charge is -2.30. The van der Waals surface area contributed by atoms with Crippen LogP contribution in [-0.4, -0.2) is 41.4 Å². The Morgan fingerprint density at radius 2 is 1.80 bits per heavy atom. The molecule has 2 heterocycles. The standard InChI is InChI=1S/C19H27N3O2.ClH/c1-14(23)22(13-15-5-3-2-4-6-15)10-9-19(24)21-18-11-16-7-8-17(12-18)20-16;/h2-6,16-18,20H,7-13H2,1H3,(H,21,24);1H. The summed E-state index contributed by atoms with van der Waals surface area (Å²) in [5, 5.41) is 6.74. The monoisotopic (exact) mass is 365 g/mol. The van der Waals surface area contributed by atoms with Crippen LogP contribution in [0, 0.1) is 0 Å². The van der Waals surface area contributed by atoms with E-state index in [1.807, 2.05) is 30.3 Å². The zero-order valence-electron chi connectivity index (χ0n) is 14.7. The van der Waals surface area contributed by atoms with E-state index < -0.39 is 0 Å². The second kappa shape index (κ2) is 9.20. The van der Waals surface area contributed by atoms with Gasteiger partial charge in [-0.05, 0) is 31.2 Å². The molecule has 1 aromatic rings. The molecule has 2 unspecified atom stereocenters. The number of benzene rings is 1. The van der Waals surface area contributed by atoms with Crippen molar-refractivity contribution in [2.24, 2.45) is 0 Å². The van der Waals surface area contributed by atoms with Crippen LogP contribution in [0.15, 0.2) is 30.3 Å². The molecule has 0 radical (unpaired) electrons. The lowest BCUT2D eigenvalue weighted by molar-refractivity contribution is -0.130. The van der Waals surface area contributed by atoms with Crippen molar-refractivity contribution < 1.29 is 9.59 Å². The third-order valence-electron chi connectivity index (χ3n) is 5.11. The van der Waals surface area contributed by atoms with Crippen molar-refractivity contribution >= 4 is 24.2 Å². The maximum Gasteiger partial charge on any atom is 0.221 e. The fourth-order valence-electron chi connectivity index (χ4n) is 3.86. The number of carbonyl (C=O) groups is 2. The van der Waals surface area contributed by atoms with Crippen LogP contribution in [0.25, 0.3) is 0 Å². The molecule has 0 aromatic heterocycles. The first kappa shape index (κ1) is 19.7. The van der Waals surface area contributed by atoms with Crippen LogP contribution < -0.4 is 10.6 Å². The Morgan fingerprint density at radius 1 is 1.16 bits per heavy atom. The molecule has 2 N–H and O–H groups in total. The second-order valence-corrected chi connectivity index (χ2v) is 7.05. The molecule has 25 heavy (non-hydrogen) atoms. The third-order valence-corrected chi connectivity index (χ3v) is 5.11. The minimum Gasteiger partial charge on any atom is -0.353 e. The van der Waals surface area contributed by atoms with Crippen LogP contribution >= 0.6 is 12.4 Å². The molecule has 138 valence electrons. The van der Waals surface area contributed by atoms with Crippen molar-refractivity contribution in [1.29, 1.82) is 0 Å². The lowest BCUT2D eigenvalue weighted by atomic mass is 10.00. The van der Waals surface area contributed by atoms with E-state index in [1.165, 1.54) is 12.8 Å². The van der Waals surface area contributed by atoms with E-state index in [0.717, 1.165) is 18.4 Å². The number of halogens is 1. The molecular formula is C19H28ClN3O2. The SMILES string of the molecule is CC(=O)N(CCC(=O)NC1CC2CCC(C1)N2)Cc1ccccc1.Cl. The maximum atomic E-state index is 12.3. The number of fused-ring (bicyclic) bond motifs is 2. The summed E-state index contributed by atoms with van der Waals surface area (Å²) >= 11 is 0. The summed E-state index contributed by atoms with van der Waals surface area (Å²) in [6.07, 6.45) is 4.88. The molecule has 2 aliphatic heterocycles. The first-order valence-electron chi connectivity index (χ1n) is 8.95. The summed E-state index contributed by atoms with van der Waals surface area (Å²) in [7, 11) is 0. The van der Waals surface area contributed by atoms with Gasteiger partial charge in [-0.1, -0.05) is 30.3 Å². The Hall–Kier alpha value is -1.59. The molecule has 2 fully saturated rings. The van der Waals surface area contributed by atoms with E-state index in [9.17, 15) is 9.59 Å². The Kier molecular flexibility index (Phi) is 7.26. The first-order chi connectivity index (χ1) is 11.6. The first-order valence-corrected chi connectivity index (χ1v) is 8.95. The minimum atomic E-state index is 0. The highest BCUT2D eigenvalue weighted by Crippen LogP contribution is 2.26. The van der Waals surface area contributed by atoms with Gasteiger partial charge in [-0.15, -0.1) is 12.4 Å². The number of rotatable bonds is 6. The van der Waals surface area contributed by atoms with E-state index in [4.69, 9.17) is 0 Å². The molecule has 0 spiro atoms. The second-order valence-electron chi connectivity index (χ2n) is 7.05. The number of amides is 2. The molecule has 2 bridgehead atoms. The van der Waals surface area contributed by atoms with Gasteiger partial charge in [-0.25, -0.2) is 0 Å². The van der Waals surface area contributed by atoms with Gasteiger partial charge in [-0.2, -0.15) is 0 Å². The van der Waals surface area contributed by atoms with Crippen molar-refractivity contribution in [2.45, 2.75) is 63.7 Å². The molecule has 6 heteroatoms. The largest absolute Gasteiger partial charge is 0.353 e. The highest BCUT2D eigenvalue weighted by atomic mass is 35.5. The Morgan fingerprint density at radius 3 is 2.40 bits per heavy atom. The van der Waals surface area contributed by atoms with Gasteiger partial charge in [0.15, 0.2) is 0 Å². The summed E-state index contributed by atoms with van der Waals surface area (Å²) < 4.78 is 0. The van der Waals surface area contributed by atoms with Crippen molar-refractivity contribution in [2.75, 3.05) is 6.54 Å². The van der Waals surface area contributed by atoms with Gasteiger partial charge in [0.1, 0.15) is 0 Å². The van der Waals surface area contributed by atoms with E-state index in [1.54, 1.807) is 11.8 Å². The average Bonchev–Trinajstić information content (AvgIpc) is 2.90. The van der Waals surface area contributed by atoms with E-state index in [0.29, 0.717) is 31.6 Å². The van der Waals surface area contributed by atoms with Crippen LogP contribution in [0.5, 0.6) is 0 Å². The Bertz CT molecular complexity index is 569. The molecule has 2 atom stereocenters. The summed E-state index contributed by atoms with van der Waals surface area (Å²) in [5.74, 6) is 0.0622. The van der Waals surface area contributed by atoms with Crippen LogP contribution in [-0.2, 0) is 16.1 Å². The molecule has 0 saturated carbocycles. The third kappa shape index (κ3) is 5.72. The fourth-order valence-corrected chi connectivity index (χ4v) is 3.86. The van der Waals surface area contributed by atoms with Gasteiger partial charge in [0.25, 0.3) is 0 Å². The van der Waals surface area contributed by atoms with Crippen LogP contribution in [0.4, 0.5) is 0 Å². The number of nitrogens with one attached hydrogen (secondary N) is 2. The molecule has 1 aromatic carbocycles. The molecule has 2 aliphatic rings. The quantitative estimate of drug-likeness (QED) is 0.812. The molecular weight excluding hydrogens is 338 g/mol. The summed E-state index contributed by atoms with van der Waals surface area (Å²) in [5.41, 5.74) is 1.09. The van der Waals surface area contributed by atoms with E-state index in [2.05, 4.69) is 10.6 Å². The van der Waals surface area contributed by atoms with Crippen molar-refractivity contribution in [3.63, 3.8) is 0 Å². The van der Waals surface area contributed by atoms with E-state index >= 15 is 0 Å². The summed E-state index contributed by atoms with van der Waals surface area (Å²) in [4.78, 5) is 25.8. The summed E-state index contributed by atoms with van der Waals surface area (Å²) in [6, 6.07) is 11.3. The Labute approximate surface area is 155 Å². The highest BCUT2D eigenvalue weighted by molar-refractivity contribution is 5.85. The average molecular weight is 366 g/mol. The predicted molar refractivity (Wildman–Crippen MR) is 101 cm³/mol. The topological polar surface area (TPSA) is 61.4 Å². The van der Waals surface area contributed by atoms with E-state index in [-0.39, 0.29) is 30.3 Å². The molecule has 5 nitrogen and oxygen atoms in total. The van der Waals surface area contributed by atoms with Crippen molar-refractivity contribution in [1.82, 2.24) is 15.5 Å².